The fourth-order valence-corrected chi connectivity index (χ4v) is 3.28. The molecule has 0 unspecified atom stereocenters. The zero-order valence-corrected chi connectivity index (χ0v) is 13.0. The Morgan fingerprint density at radius 2 is 2.05 bits per heavy atom. The van der Waals surface area contributed by atoms with Gasteiger partial charge in [0.05, 0.1) is 11.2 Å². The largest absolute Gasteiger partial charge is 0.444 e. The summed E-state index contributed by atoms with van der Waals surface area (Å²) >= 11 is 0. The van der Waals surface area contributed by atoms with Gasteiger partial charge in [-0.25, -0.2) is 9.67 Å². The van der Waals surface area contributed by atoms with Gasteiger partial charge in [-0.3, -0.25) is 0 Å². The van der Waals surface area contributed by atoms with Crippen LogP contribution in [0.15, 0.2) is 28.9 Å². The molecule has 1 saturated carbocycles. The second-order valence-electron chi connectivity index (χ2n) is 6.39. The third-order valence-electron chi connectivity index (χ3n) is 4.50. The Hall–Kier alpha value is -2.17. The van der Waals surface area contributed by atoms with Crippen molar-refractivity contribution in [1.29, 1.82) is 0 Å². The molecule has 0 spiro atoms. The predicted octanol–water partition coefficient (Wildman–Crippen LogP) is 4.32. The van der Waals surface area contributed by atoms with Crippen molar-refractivity contribution < 1.29 is 4.42 Å². The van der Waals surface area contributed by atoms with Crippen LogP contribution in [0, 0.1) is 0 Å². The minimum atomic E-state index is 0.298. The van der Waals surface area contributed by atoms with Gasteiger partial charge in [0.1, 0.15) is 11.8 Å². The Labute approximate surface area is 129 Å². The number of rotatable bonds is 3. The van der Waals surface area contributed by atoms with Crippen LogP contribution in [0.4, 0.5) is 0 Å². The summed E-state index contributed by atoms with van der Waals surface area (Å²) in [6, 6.07) is 6.39. The van der Waals surface area contributed by atoms with Crippen molar-refractivity contribution in [2.24, 2.45) is 0 Å². The fourth-order valence-electron chi connectivity index (χ4n) is 3.28. The Morgan fingerprint density at radius 3 is 2.82 bits per heavy atom. The quantitative estimate of drug-likeness (QED) is 0.722. The van der Waals surface area contributed by atoms with E-state index in [1.165, 1.54) is 25.7 Å². The molecule has 0 bridgehead atoms. The Balaban J connectivity index is 1.69. The van der Waals surface area contributed by atoms with Gasteiger partial charge in [0.15, 0.2) is 0 Å². The van der Waals surface area contributed by atoms with Crippen LogP contribution in [0.2, 0.25) is 0 Å². The lowest BCUT2D eigenvalue weighted by molar-refractivity contribution is 0.530. The lowest BCUT2D eigenvalue weighted by Gasteiger charge is -2.05. The summed E-state index contributed by atoms with van der Waals surface area (Å²) in [5.74, 6) is 1.26. The monoisotopic (exact) mass is 296 g/mol. The van der Waals surface area contributed by atoms with E-state index in [1.807, 2.05) is 29.1 Å². The second kappa shape index (κ2) is 5.23. The van der Waals surface area contributed by atoms with E-state index < -0.39 is 0 Å². The first-order chi connectivity index (χ1) is 10.7. The van der Waals surface area contributed by atoms with Gasteiger partial charge < -0.3 is 4.42 Å². The van der Waals surface area contributed by atoms with Gasteiger partial charge in [-0.15, -0.1) is 5.10 Å². The topological polar surface area (TPSA) is 56.7 Å². The van der Waals surface area contributed by atoms with Crippen molar-refractivity contribution in [2.45, 2.75) is 51.5 Å². The van der Waals surface area contributed by atoms with E-state index in [4.69, 9.17) is 4.42 Å². The summed E-state index contributed by atoms with van der Waals surface area (Å²) in [4.78, 5) is 4.69. The summed E-state index contributed by atoms with van der Waals surface area (Å²) < 4.78 is 7.63. The number of oxazole rings is 1. The molecule has 0 N–H and O–H groups in total. The van der Waals surface area contributed by atoms with Crippen LogP contribution in [0.3, 0.4) is 0 Å². The fraction of sp³-hybridized carbons (Fsp3) is 0.471. The molecule has 5 nitrogen and oxygen atoms in total. The zero-order chi connectivity index (χ0) is 15.1. The number of fused-ring (bicyclic) bond motifs is 1. The molecule has 22 heavy (non-hydrogen) atoms. The highest BCUT2D eigenvalue weighted by Crippen LogP contribution is 2.35. The summed E-state index contributed by atoms with van der Waals surface area (Å²) in [5.41, 5.74) is 3.99. The van der Waals surface area contributed by atoms with Crippen LogP contribution in [-0.2, 0) is 0 Å². The van der Waals surface area contributed by atoms with Crippen molar-refractivity contribution in [3.8, 4) is 11.5 Å². The third-order valence-corrected chi connectivity index (χ3v) is 4.50. The van der Waals surface area contributed by atoms with Crippen LogP contribution >= 0.6 is 0 Å². The maximum Gasteiger partial charge on any atom is 0.226 e. The Morgan fingerprint density at radius 1 is 1.23 bits per heavy atom. The lowest BCUT2D eigenvalue weighted by Crippen LogP contribution is -2.02. The number of aromatic nitrogens is 4. The van der Waals surface area contributed by atoms with Crippen LogP contribution in [0.5, 0.6) is 0 Å². The molecule has 4 rings (SSSR count). The molecule has 3 aromatic rings. The number of hydrogen-bond acceptors (Lipinski definition) is 4. The lowest BCUT2D eigenvalue weighted by atomic mass is 10.1. The van der Waals surface area contributed by atoms with Crippen LogP contribution < -0.4 is 0 Å². The first-order valence-electron chi connectivity index (χ1n) is 8.03. The molecule has 1 aromatic carbocycles. The molecule has 0 radical (unpaired) electrons. The molecule has 2 heterocycles. The van der Waals surface area contributed by atoms with Gasteiger partial charge >= 0.3 is 0 Å². The maximum absolute atomic E-state index is 5.70. The molecular weight excluding hydrogens is 276 g/mol. The smallest absolute Gasteiger partial charge is 0.226 e. The minimum absolute atomic E-state index is 0.298. The number of benzene rings is 1. The van der Waals surface area contributed by atoms with Crippen molar-refractivity contribution in [3.05, 3.63) is 30.2 Å². The van der Waals surface area contributed by atoms with Gasteiger partial charge in [-0.1, -0.05) is 18.1 Å². The van der Waals surface area contributed by atoms with E-state index >= 15 is 0 Å². The standard InChI is InChI=1S/C17H20N4O/c1-11(2)21-16-8-7-13(9-14(16)19-20-21)17-18-15(10-22-17)12-5-3-4-6-12/h7-12H,3-6H2,1-2H3. The maximum atomic E-state index is 5.70. The molecular formula is C17H20N4O. The molecule has 1 fully saturated rings. The van der Waals surface area contributed by atoms with E-state index in [0.717, 1.165) is 22.3 Å². The first kappa shape index (κ1) is 13.5. The average Bonchev–Trinajstić information content (AvgIpc) is 3.25. The van der Waals surface area contributed by atoms with E-state index in [0.29, 0.717) is 17.9 Å². The number of hydrogen-bond donors (Lipinski definition) is 0. The molecule has 1 aliphatic carbocycles. The van der Waals surface area contributed by atoms with E-state index in [2.05, 4.69) is 29.1 Å². The van der Waals surface area contributed by atoms with Crippen molar-refractivity contribution >= 4 is 11.0 Å². The summed E-state index contributed by atoms with van der Waals surface area (Å²) in [6.07, 6.45) is 6.89. The molecule has 1 aliphatic rings. The average molecular weight is 296 g/mol. The second-order valence-corrected chi connectivity index (χ2v) is 6.39. The summed E-state index contributed by atoms with van der Waals surface area (Å²) in [6.45, 7) is 4.20. The molecule has 0 aliphatic heterocycles. The van der Waals surface area contributed by atoms with E-state index in [9.17, 15) is 0 Å². The molecule has 5 heteroatoms. The predicted molar refractivity (Wildman–Crippen MR) is 84.6 cm³/mol. The Kier molecular flexibility index (Phi) is 3.21. The van der Waals surface area contributed by atoms with E-state index in [-0.39, 0.29) is 0 Å². The van der Waals surface area contributed by atoms with Crippen LogP contribution in [0.1, 0.15) is 57.2 Å². The number of nitrogens with zero attached hydrogens (tertiary/aromatic N) is 4. The van der Waals surface area contributed by atoms with Gasteiger partial charge in [0.25, 0.3) is 0 Å². The van der Waals surface area contributed by atoms with Gasteiger partial charge in [0, 0.05) is 17.5 Å². The normalized spacial score (nSPS) is 16.1. The molecule has 0 atom stereocenters. The van der Waals surface area contributed by atoms with Crippen LogP contribution in [-0.4, -0.2) is 20.0 Å². The highest BCUT2D eigenvalue weighted by Gasteiger charge is 2.21. The SMILES string of the molecule is CC(C)n1nnc2cc(-c3nc(C4CCCC4)co3)ccc21. The minimum Gasteiger partial charge on any atom is -0.444 e. The zero-order valence-electron chi connectivity index (χ0n) is 13.0. The van der Waals surface area contributed by atoms with Gasteiger partial charge in [-0.05, 0) is 44.9 Å². The Bertz CT molecular complexity index is 796. The third kappa shape index (κ3) is 2.21. The summed E-state index contributed by atoms with van der Waals surface area (Å²) in [7, 11) is 0. The van der Waals surface area contributed by atoms with E-state index in [1.54, 1.807) is 0 Å². The molecule has 0 amide bonds. The highest BCUT2D eigenvalue weighted by atomic mass is 16.3. The van der Waals surface area contributed by atoms with Gasteiger partial charge in [-0.2, -0.15) is 0 Å². The molecule has 114 valence electrons. The van der Waals surface area contributed by atoms with Gasteiger partial charge in [0.2, 0.25) is 5.89 Å². The van der Waals surface area contributed by atoms with Crippen molar-refractivity contribution in [3.63, 3.8) is 0 Å². The first-order valence-corrected chi connectivity index (χ1v) is 8.03. The van der Waals surface area contributed by atoms with Crippen molar-refractivity contribution in [1.82, 2.24) is 20.0 Å². The summed E-state index contributed by atoms with van der Waals surface area (Å²) in [5, 5.41) is 8.47. The van der Waals surface area contributed by atoms with Crippen LogP contribution in [0.25, 0.3) is 22.5 Å². The van der Waals surface area contributed by atoms with Crippen molar-refractivity contribution in [2.75, 3.05) is 0 Å². The molecule has 2 aromatic heterocycles. The highest BCUT2D eigenvalue weighted by molar-refractivity contribution is 5.79. The molecule has 0 saturated heterocycles.